The lowest BCUT2D eigenvalue weighted by Crippen LogP contribution is -2.54. The van der Waals surface area contributed by atoms with Crippen molar-refractivity contribution in [2.45, 2.75) is 76.6 Å². The Morgan fingerprint density at radius 3 is 2.56 bits per heavy atom. The molecule has 1 saturated heterocycles. The highest BCUT2D eigenvalue weighted by Gasteiger charge is 2.64. The lowest BCUT2D eigenvalue weighted by molar-refractivity contribution is -0.175. The minimum atomic E-state index is -1.19. The van der Waals surface area contributed by atoms with Crippen molar-refractivity contribution in [3.8, 4) is 0 Å². The average molecular weight is 471 g/mol. The van der Waals surface area contributed by atoms with Gasteiger partial charge < -0.3 is 19.7 Å². The molecule has 1 unspecified atom stereocenters. The summed E-state index contributed by atoms with van der Waals surface area (Å²) in [6.45, 7) is 13.5. The molecule has 7 atom stereocenters. The van der Waals surface area contributed by atoms with Crippen LogP contribution in [0.2, 0.25) is 0 Å². The number of carbonyl (C=O) groups is 2. The molecule has 0 aromatic heterocycles. The van der Waals surface area contributed by atoms with Crippen LogP contribution in [0.4, 0.5) is 0 Å². The number of rotatable bonds is 5. The summed E-state index contributed by atoms with van der Waals surface area (Å²) >= 11 is 0. The quantitative estimate of drug-likeness (QED) is 0.456. The van der Waals surface area contributed by atoms with Crippen LogP contribution in [0.5, 0.6) is 0 Å². The van der Waals surface area contributed by atoms with E-state index in [1.54, 1.807) is 0 Å². The molecule has 1 aliphatic heterocycles. The average Bonchev–Trinajstić information content (AvgIpc) is 3.33. The topological polar surface area (TPSA) is 93.1 Å². The fraction of sp³-hybridized carbons (Fsp3) is 0.714. The number of fused-ring (bicyclic) bond motifs is 5. The molecule has 5 aliphatic rings. The smallest absolute Gasteiger partial charge is 0.314 e. The lowest BCUT2D eigenvalue weighted by Gasteiger charge is -2.57. The summed E-state index contributed by atoms with van der Waals surface area (Å²) in [4.78, 5) is 23.6. The number of allylic oxidation sites excluding steroid dienone is 2. The molecule has 1 spiro atoms. The first-order valence-corrected chi connectivity index (χ1v) is 12.8. The van der Waals surface area contributed by atoms with Gasteiger partial charge in [0.2, 0.25) is 0 Å². The van der Waals surface area contributed by atoms with Gasteiger partial charge in [0.1, 0.15) is 11.7 Å². The number of ketones is 1. The number of carbonyl (C=O) groups excluding carboxylic acids is 1. The first-order chi connectivity index (χ1) is 16.0. The van der Waals surface area contributed by atoms with Crippen molar-refractivity contribution in [1.29, 1.82) is 0 Å². The van der Waals surface area contributed by atoms with E-state index < -0.39 is 34.5 Å². The molecule has 6 heteroatoms. The highest BCUT2D eigenvalue weighted by atomic mass is 16.7. The van der Waals surface area contributed by atoms with Crippen molar-refractivity contribution in [1.82, 2.24) is 0 Å². The minimum Gasteiger partial charge on any atom is -0.481 e. The molecule has 34 heavy (non-hydrogen) atoms. The third-order valence-electron chi connectivity index (χ3n) is 10.1. The maximum Gasteiger partial charge on any atom is 0.314 e. The Balaban J connectivity index is 1.40. The fourth-order valence-corrected chi connectivity index (χ4v) is 8.43. The molecule has 2 N–H and O–H groups in total. The van der Waals surface area contributed by atoms with E-state index in [0.717, 1.165) is 32.1 Å². The number of Topliss-reactive ketones (excluding diaryl/α,β-unsaturated/α-hetero) is 1. The van der Waals surface area contributed by atoms with Gasteiger partial charge in [-0.15, -0.1) is 0 Å². The van der Waals surface area contributed by atoms with Crippen molar-refractivity contribution in [3.63, 3.8) is 0 Å². The molecule has 0 radical (unpaired) electrons. The number of aliphatic carboxylic acids is 1. The van der Waals surface area contributed by atoms with E-state index in [9.17, 15) is 19.8 Å². The molecular weight excluding hydrogens is 432 g/mol. The molecule has 0 aromatic carbocycles. The van der Waals surface area contributed by atoms with Gasteiger partial charge in [-0.05, 0) is 74.7 Å². The Kier molecular flexibility index (Phi) is 5.74. The predicted octanol–water partition coefficient (Wildman–Crippen LogP) is 4.44. The van der Waals surface area contributed by atoms with Gasteiger partial charge in [0.25, 0.3) is 0 Å². The van der Waals surface area contributed by atoms with Gasteiger partial charge in [0, 0.05) is 18.3 Å². The summed E-state index contributed by atoms with van der Waals surface area (Å²) in [7, 11) is 0. The molecule has 0 amide bonds. The zero-order valence-corrected chi connectivity index (χ0v) is 20.5. The van der Waals surface area contributed by atoms with E-state index >= 15 is 0 Å². The Morgan fingerprint density at radius 2 is 1.91 bits per heavy atom. The fourth-order valence-electron chi connectivity index (χ4n) is 8.43. The molecule has 3 saturated carbocycles. The van der Waals surface area contributed by atoms with E-state index in [1.807, 2.05) is 0 Å². The monoisotopic (exact) mass is 470 g/mol. The van der Waals surface area contributed by atoms with Crippen molar-refractivity contribution in [2.24, 2.45) is 35.0 Å². The molecule has 186 valence electrons. The Hall–Kier alpha value is -1.76. The molecular formula is C28H38O6. The summed E-state index contributed by atoms with van der Waals surface area (Å²) in [5.74, 6) is -1.57. The Bertz CT molecular complexity index is 944. The minimum absolute atomic E-state index is 0.0151. The number of carboxylic acid groups (broad SMARTS) is 1. The second-order valence-corrected chi connectivity index (χ2v) is 11.7. The van der Waals surface area contributed by atoms with Gasteiger partial charge in [-0.1, -0.05) is 37.3 Å². The SMILES string of the molecule is C=C1C[C@@]2(C)[C@@H](CC[C@@]2(O)C(=C)CC(C(C)=O)C(=O)O)[C@@H]2CC=C3CC4(CC[C@@H]3[C@@H]12)OCCO4. The van der Waals surface area contributed by atoms with Crippen LogP contribution in [-0.2, 0) is 19.1 Å². The third-order valence-corrected chi connectivity index (χ3v) is 10.1. The molecule has 5 rings (SSSR count). The van der Waals surface area contributed by atoms with Gasteiger partial charge >= 0.3 is 5.97 Å². The van der Waals surface area contributed by atoms with Crippen LogP contribution in [-0.4, -0.2) is 46.6 Å². The van der Waals surface area contributed by atoms with Crippen LogP contribution < -0.4 is 0 Å². The molecule has 6 nitrogen and oxygen atoms in total. The van der Waals surface area contributed by atoms with E-state index in [1.165, 1.54) is 18.1 Å². The number of ether oxygens (including phenoxy) is 2. The number of carboxylic acids is 1. The van der Waals surface area contributed by atoms with Crippen molar-refractivity contribution < 1.29 is 29.3 Å². The number of aliphatic hydroxyl groups is 1. The van der Waals surface area contributed by atoms with Crippen LogP contribution in [0.25, 0.3) is 0 Å². The second-order valence-electron chi connectivity index (χ2n) is 11.7. The zero-order chi connectivity index (χ0) is 24.5. The highest BCUT2D eigenvalue weighted by Crippen LogP contribution is 2.67. The maximum absolute atomic E-state index is 12.0. The van der Waals surface area contributed by atoms with Gasteiger partial charge in [0.05, 0.1) is 18.8 Å². The number of hydrogen-bond acceptors (Lipinski definition) is 5. The van der Waals surface area contributed by atoms with Crippen molar-refractivity contribution in [3.05, 3.63) is 36.0 Å². The normalized spacial score (nSPS) is 41.3. The standard InChI is InChI=1S/C28H38O6/c1-16-14-26(4)23(8-10-28(26,32)17(2)13-22(18(3)29)25(30)31)21-6-5-19-15-27(33-11-12-34-27)9-7-20(19)24(16)21/h5,20-24,32H,1-2,6-15H2,3-4H3,(H,30,31)/t20-,21-,22?,23-,24+,26-,28+/m0/s1. The molecule has 4 aliphatic carbocycles. The van der Waals surface area contributed by atoms with E-state index in [2.05, 4.69) is 26.2 Å². The van der Waals surface area contributed by atoms with E-state index in [-0.39, 0.29) is 6.42 Å². The Morgan fingerprint density at radius 1 is 1.21 bits per heavy atom. The van der Waals surface area contributed by atoms with Crippen molar-refractivity contribution in [2.75, 3.05) is 13.2 Å². The zero-order valence-electron chi connectivity index (χ0n) is 20.5. The summed E-state index contributed by atoms with van der Waals surface area (Å²) in [6.07, 6.45) is 8.27. The predicted molar refractivity (Wildman–Crippen MR) is 127 cm³/mol. The van der Waals surface area contributed by atoms with Gasteiger partial charge in [0.15, 0.2) is 5.79 Å². The van der Waals surface area contributed by atoms with Crippen LogP contribution in [0.3, 0.4) is 0 Å². The van der Waals surface area contributed by atoms with Crippen molar-refractivity contribution >= 4 is 11.8 Å². The first kappa shape index (κ1) is 24.0. The number of hydrogen-bond donors (Lipinski definition) is 2. The Labute approximate surface area is 202 Å². The largest absolute Gasteiger partial charge is 0.481 e. The second kappa shape index (κ2) is 8.14. The van der Waals surface area contributed by atoms with Crippen LogP contribution in [0.15, 0.2) is 36.0 Å². The highest BCUT2D eigenvalue weighted by molar-refractivity contribution is 5.97. The summed E-state index contributed by atoms with van der Waals surface area (Å²) in [6, 6.07) is 0. The van der Waals surface area contributed by atoms with Gasteiger partial charge in [-0.25, -0.2) is 0 Å². The van der Waals surface area contributed by atoms with Gasteiger partial charge in [-0.2, -0.15) is 0 Å². The maximum atomic E-state index is 12.0. The summed E-state index contributed by atoms with van der Waals surface area (Å²) < 4.78 is 12.0. The molecule has 1 heterocycles. The first-order valence-electron chi connectivity index (χ1n) is 12.8. The molecule has 0 aromatic rings. The van der Waals surface area contributed by atoms with Crippen LogP contribution in [0.1, 0.15) is 65.2 Å². The van der Waals surface area contributed by atoms with Crippen LogP contribution in [0, 0.1) is 35.0 Å². The van der Waals surface area contributed by atoms with E-state index in [4.69, 9.17) is 9.47 Å². The summed E-state index contributed by atoms with van der Waals surface area (Å²) in [5, 5.41) is 21.5. The third kappa shape index (κ3) is 3.40. The lowest BCUT2D eigenvalue weighted by atomic mass is 9.49. The van der Waals surface area contributed by atoms with Crippen LogP contribution >= 0.6 is 0 Å². The van der Waals surface area contributed by atoms with Gasteiger partial charge in [-0.3, -0.25) is 9.59 Å². The van der Waals surface area contributed by atoms with E-state index in [0.29, 0.717) is 55.3 Å². The molecule has 0 bridgehead atoms. The molecule has 4 fully saturated rings. The summed E-state index contributed by atoms with van der Waals surface area (Å²) in [5.41, 5.74) is 1.47.